The number of halogens is 1. The van der Waals surface area contributed by atoms with Crippen molar-refractivity contribution in [2.75, 3.05) is 11.9 Å². The van der Waals surface area contributed by atoms with Gasteiger partial charge in [-0.05, 0) is 66.8 Å². The number of anilines is 2. The van der Waals surface area contributed by atoms with Crippen LogP contribution in [-0.4, -0.2) is 22.5 Å². The van der Waals surface area contributed by atoms with Gasteiger partial charge in [-0.3, -0.25) is 0 Å². The molecule has 0 spiro atoms. The Morgan fingerprint density at radius 1 is 1.29 bits per heavy atom. The van der Waals surface area contributed by atoms with Crippen LogP contribution in [0, 0.1) is 10.5 Å². The molecule has 24 heavy (non-hydrogen) atoms. The lowest BCUT2D eigenvalue weighted by Gasteiger charge is -2.14. The molecule has 0 bridgehead atoms. The average Bonchev–Trinajstić information content (AvgIpc) is 2.55. The topological polar surface area (TPSA) is 64.1 Å². The summed E-state index contributed by atoms with van der Waals surface area (Å²) in [6, 6.07) is 11.7. The molecule has 6 heteroatoms. The normalized spacial score (nSPS) is 10.6. The van der Waals surface area contributed by atoms with Crippen LogP contribution in [0.4, 0.5) is 11.4 Å². The van der Waals surface area contributed by atoms with Crippen molar-refractivity contribution in [3.8, 4) is 0 Å². The molecule has 3 aromatic rings. The quantitative estimate of drug-likeness (QED) is 0.486. The minimum absolute atomic E-state index is 0.311. The summed E-state index contributed by atoms with van der Waals surface area (Å²) < 4.78 is 6.26. The minimum Gasteiger partial charge on any atom is -0.462 e. The van der Waals surface area contributed by atoms with Crippen molar-refractivity contribution in [3.63, 3.8) is 0 Å². The van der Waals surface area contributed by atoms with Crippen LogP contribution < -0.4 is 5.32 Å². The van der Waals surface area contributed by atoms with Gasteiger partial charge in [0, 0.05) is 26.5 Å². The number of pyridine rings is 2. The van der Waals surface area contributed by atoms with E-state index in [2.05, 4.69) is 37.9 Å². The Morgan fingerprint density at radius 3 is 2.88 bits per heavy atom. The lowest BCUT2D eigenvalue weighted by molar-refractivity contribution is 0.0527. The minimum atomic E-state index is -0.402. The van der Waals surface area contributed by atoms with Gasteiger partial charge in [-0.1, -0.05) is 6.07 Å². The van der Waals surface area contributed by atoms with Crippen molar-refractivity contribution in [1.82, 2.24) is 9.97 Å². The van der Waals surface area contributed by atoms with E-state index in [4.69, 9.17) is 4.74 Å². The summed E-state index contributed by atoms with van der Waals surface area (Å²) in [4.78, 5) is 21.1. The third-order valence-corrected chi connectivity index (χ3v) is 4.13. The molecule has 3 rings (SSSR count). The van der Waals surface area contributed by atoms with Crippen LogP contribution in [0.5, 0.6) is 0 Å². The SMILES string of the molecule is CCOC(=O)c1cnc2nc(C)ccc2c1Nc1cccc(I)c1. The lowest BCUT2D eigenvalue weighted by atomic mass is 10.1. The maximum Gasteiger partial charge on any atom is 0.341 e. The number of nitrogens with one attached hydrogen (secondary N) is 1. The van der Waals surface area contributed by atoms with Crippen molar-refractivity contribution < 1.29 is 9.53 Å². The summed E-state index contributed by atoms with van der Waals surface area (Å²) in [5.41, 5.74) is 3.41. The molecule has 0 fully saturated rings. The highest BCUT2D eigenvalue weighted by Crippen LogP contribution is 2.29. The average molecular weight is 433 g/mol. The van der Waals surface area contributed by atoms with Crippen LogP contribution in [0.2, 0.25) is 0 Å². The molecule has 1 aromatic carbocycles. The monoisotopic (exact) mass is 433 g/mol. The summed E-state index contributed by atoms with van der Waals surface area (Å²) in [5, 5.41) is 4.11. The standard InChI is InChI=1S/C18H16IN3O2/c1-3-24-18(23)15-10-20-17-14(8-7-11(2)21-17)16(15)22-13-6-4-5-12(19)9-13/h4-10H,3H2,1-2H3,(H,20,21,22). The van der Waals surface area contributed by atoms with E-state index in [0.717, 1.165) is 20.3 Å². The zero-order valence-electron chi connectivity index (χ0n) is 13.3. The molecule has 2 heterocycles. The van der Waals surface area contributed by atoms with Crippen LogP contribution in [0.3, 0.4) is 0 Å². The second-order valence-corrected chi connectivity index (χ2v) is 6.47. The van der Waals surface area contributed by atoms with Gasteiger partial charge in [-0.2, -0.15) is 0 Å². The van der Waals surface area contributed by atoms with E-state index in [1.807, 2.05) is 43.3 Å². The first-order valence-electron chi connectivity index (χ1n) is 7.54. The summed E-state index contributed by atoms with van der Waals surface area (Å²) in [6.07, 6.45) is 1.52. The summed E-state index contributed by atoms with van der Waals surface area (Å²) in [7, 11) is 0. The van der Waals surface area contributed by atoms with Gasteiger partial charge in [0.25, 0.3) is 0 Å². The molecule has 0 saturated heterocycles. The highest BCUT2D eigenvalue weighted by Gasteiger charge is 2.17. The zero-order chi connectivity index (χ0) is 17.1. The maximum absolute atomic E-state index is 12.3. The molecular formula is C18H16IN3O2. The van der Waals surface area contributed by atoms with Gasteiger partial charge in [-0.15, -0.1) is 0 Å². The Hall–Kier alpha value is -2.22. The van der Waals surface area contributed by atoms with Crippen LogP contribution in [0.1, 0.15) is 23.0 Å². The molecule has 0 saturated carbocycles. The van der Waals surface area contributed by atoms with E-state index in [-0.39, 0.29) is 0 Å². The first kappa shape index (κ1) is 16.6. The third-order valence-electron chi connectivity index (χ3n) is 3.46. The molecule has 0 aliphatic heterocycles. The van der Waals surface area contributed by atoms with Gasteiger partial charge in [0.2, 0.25) is 0 Å². The number of benzene rings is 1. The molecule has 0 atom stereocenters. The molecule has 0 amide bonds. The number of esters is 1. The third kappa shape index (κ3) is 3.48. The van der Waals surface area contributed by atoms with E-state index >= 15 is 0 Å². The molecule has 122 valence electrons. The van der Waals surface area contributed by atoms with Gasteiger partial charge >= 0.3 is 5.97 Å². The number of hydrogen-bond donors (Lipinski definition) is 1. The highest BCUT2D eigenvalue weighted by molar-refractivity contribution is 14.1. The second-order valence-electron chi connectivity index (χ2n) is 5.23. The highest BCUT2D eigenvalue weighted by atomic mass is 127. The number of carbonyl (C=O) groups excluding carboxylic acids is 1. The van der Waals surface area contributed by atoms with Gasteiger partial charge in [-0.25, -0.2) is 14.8 Å². The molecule has 0 unspecified atom stereocenters. The Labute approximate surface area is 153 Å². The largest absolute Gasteiger partial charge is 0.462 e. The number of aryl methyl sites for hydroxylation is 1. The van der Waals surface area contributed by atoms with Gasteiger partial charge < -0.3 is 10.1 Å². The maximum atomic E-state index is 12.3. The van der Waals surface area contributed by atoms with Gasteiger partial charge in [0.05, 0.1) is 12.3 Å². The number of nitrogens with zero attached hydrogens (tertiary/aromatic N) is 2. The van der Waals surface area contributed by atoms with E-state index in [9.17, 15) is 4.79 Å². The fourth-order valence-electron chi connectivity index (χ4n) is 2.38. The number of rotatable bonds is 4. The summed E-state index contributed by atoms with van der Waals surface area (Å²) in [6.45, 7) is 4.00. The predicted octanol–water partition coefficient (Wildman–Crippen LogP) is 4.46. The van der Waals surface area contributed by atoms with Crippen molar-refractivity contribution in [3.05, 3.63) is 57.4 Å². The lowest BCUT2D eigenvalue weighted by Crippen LogP contribution is -2.09. The molecular weight excluding hydrogens is 417 g/mol. The second kappa shape index (κ2) is 7.12. The van der Waals surface area contributed by atoms with Crippen molar-refractivity contribution in [2.45, 2.75) is 13.8 Å². The van der Waals surface area contributed by atoms with Crippen molar-refractivity contribution >= 4 is 51.0 Å². The van der Waals surface area contributed by atoms with E-state index in [1.54, 1.807) is 6.92 Å². The van der Waals surface area contributed by atoms with E-state index in [1.165, 1.54) is 6.20 Å². The first-order valence-corrected chi connectivity index (χ1v) is 8.62. The number of carbonyl (C=O) groups is 1. The molecule has 0 aliphatic carbocycles. The van der Waals surface area contributed by atoms with Crippen LogP contribution >= 0.6 is 22.6 Å². The Bertz CT molecular complexity index is 912. The fraction of sp³-hybridized carbons (Fsp3) is 0.167. The first-order chi connectivity index (χ1) is 11.6. The van der Waals surface area contributed by atoms with Gasteiger partial charge in [0.1, 0.15) is 5.56 Å². The summed E-state index contributed by atoms with van der Waals surface area (Å²) in [5.74, 6) is -0.402. The van der Waals surface area contributed by atoms with Crippen LogP contribution in [0.25, 0.3) is 11.0 Å². The fourth-order valence-corrected chi connectivity index (χ4v) is 2.92. The Kier molecular flexibility index (Phi) is 4.94. The van der Waals surface area contributed by atoms with Crippen LogP contribution in [0.15, 0.2) is 42.6 Å². The van der Waals surface area contributed by atoms with Gasteiger partial charge in [0.15, 0.2) is 5.65 Å². The number of fused-ring (bicyclic) bond motifs is 1. The van der Waals surface area contributed by atoms with Crippen LogP contribution in [-0.2, 0) is 4.74 Å². The smallest absolute Gasteiger partial charge is 0.341 e. The number of aromatic nitrogens is 2. The van der Waals surface area contributed by atoms with Crippen molar-refractivity contribution in [1.29, 1.82) is 0 Å². The molecule has 5 nitrogen and oxygen atoms in total. The molecule has 0 aliphatic rings. The molecule has 0 radical (unpaired) electrons. The van der Waals surface area contributed by atoms with Crippen molar-refractivity contribution in [2.24, 2.45) is 0 Å². The molecule has 1 N–H and O–H groups in total. The van der Waals surface area contributed by atoms with E-state index in [0.29, 0.717) is 23.5 Å². The zero-order valence-corrected chi connectivity index (χ0v) is 15.5. The van der Waals surface area contributed by atoms with E-state index < -0.39 is 5.97 Å². The Balaban J connectivity index is 2.16. The Morgan fingerprint density at radius 2 is 2.12 bits per heavy atom. The predicted molar refractivity (Wildman–Crippen MR) is 103 cm³/mol. The number of ether oxygens (including phenoxy) is 1. The molecule has 2 aromatic heterocycles. The summed E-state index contributed by atoms with van der Waals surface area (Å²) >= 11 is 2.25. The number of hydrogen-bond acceptors (Lipinski definition) is 5.